The maximum absolute atomic E-state index is 5.94. The number of pyridine rings is 1. The molecule has 0 saturated carbocycles. The molecule has 4 heteroatoms. The molecule has 0 aromatic carbocycles. The maximum Gasteiger partial charge on any atom is 0.133 e. The van der Waals surface area contributed by atoms with Crippen molar-refractivity contribution >= 4 is 5.82 Å². The van der Waals surface area contributed by atoms with E-state index in [1.165, 1.54) is 0 Å². The Morgan fingerprint density at radius 2 is 2.31 bits per heavy atom. The highest BCUT2D eigenvalue weighted by Crippen LogP contribution is 2.21. The number of nitrogens with zero attached hydrogens (tertiary/aromatic N) is 2. The van der Waals surface area contributed by atoms with Gasteiger partial charge in [0, 0.05) is 38.0 Å². The van der Waals surface area contributed by atoms with E-state index in [0.717, 1.165) is 24.5 Å². The number of likely N-dealkylation sites (N-methyl/N-ethyl adjacent to an activating group) is 1. The highest BCUT2D eigenvalue weighted by atomic mass is 16.5. The number of nitrogens with two attached hydrogens (primary N) is 1. The number of methoxy groups -OCH3 is 1. The summed E-state index contributed by atoms with van der Waals surface area (Å²) < 4.78 is 5.10. The molecule has 1 unspecified atom stereocenters. The van der Waals surface area contributed by atoms with Crippen molar-refractivity contribution in [3.63, 3.8) is 0 Å². The third-order valence-electron chi connectivity index (χ3n) is 2.55. The zero-order chi connectivity index (χ0) is 12.0. The Hall–Kier alpha value is -1.13. The van der Waals surface area contributed by atoms with Crippen molar-refractivity contribution in [2.75, 3.05) is 31.7 Å². The number of hydrogen-bond acceptors (Lipinski definition) is 4. The molecule has 1 atom stereocenters. The second kappa shape index (κ2) is 6.45. The molecular weight excluding hydrogens is 202 g/mol. The van der Waals surface area contributed by atoms with Crippen molar-refractivity contribution in [3.05, 3.63) is 23.9 Å². The predicted octanol–water partition coefficient (Wildman–Crippen LogP) is 1.57. The average Bonchev–Trinajstić information content (AvgIpc) is 2.30. The van der Waals surface area contributed by atoms with Crippen LogP contribution in [0.4, 0.5) is 5.82 Å². The Balaban J connectivity index is 2.90. The highest BCUT2D eigenvalue weighted by Gasteiger charge is 2.12. The van der Waals surface area contributed by atoms with Gasteiger partial charge in [-0.05, 0) is 19.9 Å². The molecule has 0 spiro atoms. The summed E-state index contributed by atoms with van der Waals surface area (Å²) in [4.78, 5) is 6.60. The van der Waals surface area contributed by atoms with Crippen molar-refractivity contribution in [2.24, 2.45) is 5.73 Å². The molecule has 1 aromatic rings. The Kier molecular flexibility index (Phi) is 5.22. The van der Waals surface area contributed by atoms with Crippen LogP contribution in [0.15, 0.2) is 18.3 Å². The Bertz CT molecular complexity index is 315. The molecule has 0 aliphatic carbocycles. The van der Waals surface area contributed by atoms with Gasteiger partial charge in [0.2, 0.25) is 0 Å². The Morgan fingerprint density at radius 1 is 1.56 bits per heavy atom. The van der Waals surface area contributed by atoms with Gasteiger partial charge in [-0.25, -0.2) is 4.98 Å². The lowest BCUT2D eigenvalue weighted by Crippen LogP contribution is -2.29. The lowest BCUT2D eigenvalue weighted by Gasteiger charge is -2.25. The van der Waals surface area contributed by atoms with Crippen LogP contribution in [0.5, 0.6) is 0 Å². The van der Waals surface area contributed by atoms with Crippen LogP contribution < -0.4 is 10.6 Å². The quantitative estimate of drug-likeness (QED) is 0.795. The van der Waals surface area contributed by atoms with Gasteiger partial charge in [-0.3, -0.25) is 0 Å². The Labute approximate surface area is 97.4 Å². The molecule has 1 aromatic heterocycles. The summed E-state index contributed by atoms with van der Waals surface area (Å²) >= 11 is 0. The number of aromatic nitrogens is 1. The van der Waals surface area contributed by atoms with Gasteiger partial charge in [0.15, 0.2) is 0 Å². The van der Waals surface area contributed by atoms with Crippen molar-refractivity contribution in [1.82, 2.24) is 4.98 Å². The largest absolute Gasteiger partial charge is 0.383 e. The van der Waals surface area contributed by atoms with Gasteiger partial charge in [0.1, 0.15) is 5.82 Å². The second-order valence-corrected chi connectivity index (χ2v) is 3.78. The number of hydrogen-bond donors (Lipinski definition) is 1. The van der Waals surface area contributed by atoms with E-state index in [1.54, 1.807) is 13.3 Å². The molecule has 0 bridgehead atoms. The van der Waals surface area contributed by atoms with Gasteiger partial charge in [0.25, 0.3) is 0 Å². The lowest BCUT2D eigenvalue weighted by molar-refractivity contribution is 0.205. The summed E-state index contributed by atoms with van der Waals surface area (Å²) in [6.07, 6.45) is 1.80. The first-order valence-electron chi connectivity index (χ1n) is 5.65. The fourth-order valence-corrected chi connectivity index (χ4v) is 1.64. The average molecular weight is 223 g/mol. The van der Waals surface area contributed by atoms with Gasteiger partial charge >= 0.3 is 0 Å². The van der Waals surface area contributed by atoms with E-state index in [-0.39, 0.29) is 6.04 Å². The molecule has 1 rings (SSSR count). The number of anilines is 1. The fraction of sp³-hybridized carbons (Fsp3) is 0.583. The molecule has 0 aliphatic heterocycles. The van der Waals surface area contributed by atoms with Crippen LogP contribution in [0, 0.1) is 0 Å². The minimum absolute atomic E-state index is 0.000273. The van der Waals surface area contributed by atoms with E-state index >= 15 is 0 Å². The molecule has 0 fully saturated rings. The lowest BCUT2D eigenvalue weighted by atomic mass is 10.1. The smallest absolute Gasteiger partial charge is 0.133 e. The first kappa shape index (κ1) is 12.9. The first-order chi connectivity index (χ1) is 7.70. The van der Waals surface area contributed by atoms with Gasteiger partial charge in [-0.1, -0.05) is 6.07 Å². The highest BCUT2D eigenvalue weighted by molar-refractivity contribution is 5.48. The number of ether oxygens (including phenoxy) is 1. The summed E-state index contributed by atoms with van der Waals surface area (Å²) in [6, 6.07) is 3.95. The van der Waals surface area contributed by atoms with Crippen molar-refractivity contribution < 1.29 is 4.74 Å². The molecule has 2 N–H and O–H groups in total. The van der Waals surface area contributed by atoms with E-state index in [0.29, 0.717) is 6.61 Å². The third kappa shape index (κ3) is 3.18. The molecule has 0 radical (unpaired) electrons. The summed E-state index contributed by atoms with van der Waals surface area (Å²) in [7, 11) is 1.71. The standard InChI is InChI=1S/C12H21N3O/c1-4-15(8-9-16-3)12-11(10(2)13)6-5-7-14-12/h5-7,10H,4,8-9,13H2,1-3H3. The van der Waals surface area contributed by atoms with Gasteiger partial charge in [0.05, 0.1) is 6.61 Å². The topological polar surface area (TPSA) is 51.4 Å². The van der Waals surface area contributed by atoms with Crippen LogP contribution >= 0.6 is 0 Å². The van der Waals surface area contributed by atoms with E-state index < -0.39 is 0 Å². The SMILES string of the molecule is CCN(CCOC)c1ncccc1C(C)N. The van der Waals surface area contributed by atoms with Crippen molar-refractivity contribution in [1.29, 1.82) is 0 Å². The predicted molar refractivity (Wildman–Crippen MR) is 66.6 cm³/mol. The minimum atomic E-state index is 0.000273. The van der Waals surface area contributed by atoms with E-state index in [1.807, 2.05) is 19.1 Å². The Morgan fingerprint density at radius 3 is 2.88 bits per heavy atom. The molecule has 0 saturated heterocycles. The van der Waals surface area contributed by atoms with Crippen LogP contribution in [0.1, 0.15) is 25.5 Å². The van der Waals surface area contributed by atoms with E-state index in [9.17, 15) is 0 Å². The first-order valence-corrected chi connectivity index (χ1v) is 5.65. The molecule has 0 amide bonds. The van der Waals surface area contributed by atoms with E-state index in [4.69, 9.17) is 10.5 Å². The van der Waals surface area contributed by atoms with Gasteiger partial charge < -0.3 is 15.4 Å². The molecule has 90 valence electrons. The minimum Gasteiger partial charge on any atom is -0.383 e. The van der Waals surface area contributed by atoms with Crippen LogP contribution in [0.2, 0.25) is 0 Å². The van der Waals surface area contributed by atoms with Gasteiger partial charge in [-0.15, -0.1) is 0 Å². The third-order valence-corrected chi connectivity index (χ3v) is 2.55. The molecule has 1 heterocycles. The molecule has 16 heavy (non-hydrogen) atoms. The molecular formula is C12H21N3O. The number of rotatable bonds is 6. The normalized spacial score (nSPS) is 12.5. The molecule has 4 nitrogen and oxygen atoms in total. The maximum atomic E-state index is 5.94. The summed E-state index contributed by atoms with van der Waals surface area (Å²) in [5, 5.41) is 0. The van der Waals surface area contributed by atoms with Gasteiger partial charge in [-0.2, -0.15) is 0 Å². The van der Waals surface area contributed by atoms with Crippen LogP contribution in [0.3, 0.4) is 0 Å². The zero-order valence-electron chi connectivity index (χ0n) is 10.3. The fourth-order valence-electron chi connectivity index (χ4n) is 1.64. The van der Waals surface area contributed by atoms with Crippen LogP contribution in [-0.2, 0) is 4.74 Å². The monoisotopic (exact) mass is 223 g/mol. The summed E-state index contributed by atoms with van der Waals surface area (Å²) in [5.41, 5.74) is 7.02. The van der Waals surface area contributed by atoms with Crippen molar-refractivity contribution in [2.45, 2.75) is 19.9 Å². The summed E-state index contributed by atoms with van der Waals surface area (Å²) in [6.45, 7) is 6.52. The zero-order valence-corrected chi connectivity index (χ0v) is 10.3. The summed E-state index contributed by atoms with van der Waals surface area (Å²) in [5.74, 6) is 0.969. The van der Waals surface area contributed by atoms with Crippen molar-refractivity contribution in [3.8, 4) is 0 Å². The molecule has 0 aliphatic rings. The van der Waals surface area contributed by atoms with E-state index in [2.05, 4.69) is 16.8 Å². The van der Waals surface area contributed by atoms with Crippen LogP contribution in [-0.4, -0.2) is 31.8 Å². The second-order valence-electron chi connectivity index (χ2n) is 3.78. The van der Waals surface area contributed by atoms with Crippen LogP contribution in [0.25, 0.3) is 0 Å².